The Kier molecular flexibility index (Phi) is 4.34. The van der Waals surface area contributed by atoms with Crippen LogP contribution in [0.5, 0.6) is 0 Å². The Morgan fingerprint density at radius 2 is 1.88 bits per heavy atom. The second kappa shape index (κ2) is 5.33. The summed E-state index contributed by atoms with van der Waals surface area (Å²) < 4.78 is 0. The van der Waals surface area contributed by atoms with Gasteiger partial charge in [0.05, 0.1) is 11.9 Å². The molecule has 0 fully saturated rings. The van der Waals surface area contributed by atoms with Gasteiger partial charge in [-0.2, -0.15) is 0 Å². The number of hydrogen-bond acceptors (Lipinski definition) is 2. The number of rotatable bonds is 1. The first-order chi connectivity index (χ1) is 7.54. The van der Waals surface area contributed by atoms with Crippen LogP contribution in [0.4, 0.5) is 5.69 Å². The number of pyridine rings is 1. The van der Waals surface area contributed by atoms with Crippen LogP contribution >= 0.6 is 0 Å². The van der Waals surface area contributed by atoms with Gasteiger partial charge >= 0.3 is 0 Å². The van der Waals surface area contributed by atoms with Crippen molar-refractivity contribution in [2.75, 3.05) is 5.32 Å². The molecule has 16 heavy (non-hydrogen) atoms. The molecule has 1 heterocycles. The molecule has 1 aliphatic rings. The summed E-state index contributed by atoms with van der Waals surface area (Å²) in [6.07, 6.45) is 5.57. The molecular formula is C14H24N2. The summed E-state index contributed by atoms with van der Waals surface area (Å²) in [6.45, 7) is 10.5. The van der Waals surface area contributed by atoms with Gasteiger partial charge in [0, 0.05) is 11.2 Å². The van der Waals surface area contributed by atoms with E-state index in [9.17, 15) is 0 Å². The average molecular weight is 220 g/mol. The topological polar surface area (TPSA) is 24.9 Å². The fourth-order valence-corrected chi connectivity index (χ4v) is 1.93. The Morgan fingerprint density at radius 3 is 2.50 bits per heavy atom. The SMILES string of the molecule is CC.CC(C)(C)Nc1cnc2c(c1)CCC2. The van der Waals surface area contributed by atoms with Crippen LogP contribution in [0, 0.1) is 0 Å². The summed E-state index contributed by atoms with van der Waals surface area (Å²) in [5, 5.41) is 3.45. The first-order valence-electron chi connectivity index (χ1n) is 6.30. The molecule has 2 rings (SSSR count). The van der Waals surface area contributed by atoms with E-state index in [0.717, 1.165) is 12.1 Å². The minimum absolute atomic E-state index is 0.120. The lowest BCUT2D eigenvalue weighted by atomic mass is 10.1. The van der Waals surface area contributed by atoms with E-state index < -0.39 is 0 Å². The van der Waals surface area contributed by atoms with Gasteiger partial charge in [0.2, 0.25) is 0 Å². The van der Waals surface area contributed by atoms with Crippen molar-refractivity contribution in [1.82, 2.24) is 4.98 Å². The molecule has 0 atom stereocenters. The number of aryl methyl sites for hydroxylation is 2. The maximum absolute atomic E-state index is 4.48. The fourth-order valence-electron chi connectivity index (χ4n) is 1.93. The van der Waals surface area contributed by atoms with Crippen LogP contribution in [0.25, 0.3) is 0 Å². The van der Waals surface area contributed by atoms with Gasteiger partial charge in [-0.15, -0.1) is 0 Å². The lowest BCUT2D eigenvalue weighted by Crippen LogP contribution is -2.26. The van der Waals surface area contributed by atoms with Gasteiger partial charge in [-0.25, -0.2) is 0 Å². The van der Waals surface area contributed by atoms with E-state index in [1.807, 2.05) is 20.0 Å². The molecular weight excluding hydrogens is 196 g/mol. The van der Waals surface area contributed by atoms with Crippen LogP contribution < -0.4 is 5.32 Å². The predicted molar refractivity (Wildman–Crippen MR) is 71.0 cm³/mol. The molecule has 0 amide bonds. The molecule has 1 N–H and O–H groups in total. The standard InChI is InChI=1S/C12H18N2.C2H6/c1-12(2,3)14-10-7-9-5-4-6-11(9)13-8-10;1-2/h7-8,14H,4-6H2,1-3H3;1-2H3. The van der Waals surface area contributed by atoms with E-state index >= 15 is 0 Å². The molecule has 1 aromatic heterocycles. The molecule has 1 aliphatic carbocycles. The number of fused-ring (bicyclic) bond motifs is 1. The number of nitrogens with zero attached hydrogens (tertiary/aromatic N) is 1. The van der Waals surface area contributed by atoms with Crippen LogP contribution in [-0.2, 0) is 12.8 Å². The van der Waals surface area contributed by atoms with Crippen molar-refractivity contribution in [2.24, 2.45) is 0 Å². The van der Waals surface area contributed by atoms with Crippen molar-refractivity contribution in [2.45, 2.75) is 59.4 Å². The van der Waals surface area contributed by atoms with Crippen LogP contribution in [0.3, 0.4) is 0 Å². The molecule has 90 valence electrons. The van der Waals surface area contributed by atoms with Crippen molar-refractivity contribution in [3.63, 3.8) is 0 Å². The number of nitrogens with one attached hydrogen (secondary N) is 1. The van der Waals surface area contributed by atoms with Gasteiger partial charge < -0.3 is 5.32 Å². The summed E-state index contributed by atoms with van der Waals surface area (Å²) in [5.41, 5.74) is 4.00. The number of hydrogen-bond donors (Lipinski definition) is 1. The monoisotopic (exact) mass is 220 g/mol. The maximum atomic E-state index is 4.48. The third-order valence-electron chi connectivity index (χ3n) is 2.44. The first-order valence-corrected chi connectivity index (χ1v) is 6.30. The van der Waals surface area contributed by atoms with E-state index in [1.54, 1.807) is 0 Å². The number of anilines is 1. The highest BCUT2D eigenvalue weighted by Gasteiger charge is 2.14. The highest BCUT2D eigenvalue weighted by atomic mass is 15.0. The van der Waals surface area contributed by atoms with Crippen molar-refractivity contribution in [3.05, 3.63) is 23.5 Å². The second-order valence-corrected chi connectivity index (χ2v) is 5.06. The zero-order valence-corrected chi connectivity index (χ0v) is 11.2. The van der Waals surface area contributed by atoms with Crippen LogP contribution in [0.1, 0.15) is 52.3 Å². The average Bonchev–Trinajstić information content (AvgIpc) is 2.65. The lowest BCUT2D eigenvalue weighted by Gasteiger charge is -2.22. The van der Waals surface area contributed by atoms with E-state index in [1.165, 1.54) is 24.1 Å². The third kappa shape index (κ3) is 3.51. The summed E-state index contributed by atoms with van der Waals surface area (Å²) in [5.74, 6) is 0. The molecule has 0 spiro atoms. The molecule has 1 aromatic rings. The van der Waals surface area contributed by atoms with Gasteiger partial charge in [0.1, 0.15) is 0 Å². The summed E-state index contributed by atoms with van der Waals surface area (Å²) >= 11 is 0. The predicted octanol–water partition coefficient (Wildman–Crippen LogP) is 3.81. The van der Waals surface area contributed by atoms with E-state index in [4.69, 9.17) is 0 Å². The first kappa shape index (κ1) is 13.0. The largest absolute Gasteiger partial charge is 0.379 e. The van der Waals surface area contributed by atoms with Crippen molar-refractivity contribution in [3.8, 4) is 0 Å². The summed E-state index contributed by atoms with van der Waals surface area (Å²) in [7, 11) is 0. The Labute approximate surface area is 99.5 Å². The molecule has 2 heteroatoms. The molecule has 0 aliphatic heterocycles. The fraction of sp³-hybridized carbons (Fsp3) is 0.643. The molecule has 0 saturated carbocycles. The quantitative estimate of drug-likeness (QED) is 0.778. The Hall–Kier alpha value is -1.05. The Bertz CT molecular complexity index is 337. The molecule has 0 saturated heterocycles. The smallest absolute Gasteiger partial charge is 0.0533 e. The van der Waals surface area contributed by atoms with E-state index in [2.05, 4.69) is 37.1 Å². The molecule has 0 radical (unpaired) electrons. The van der Waals surface area contributed by atoms with Gasteiger partial charge in [-0.05, 0) is 51.7 Å². The van der Waals surface area contributed by atoms with Crippen LogP contribution in [0.15, 0.2) is 12.3 Å². The lowest BCUT2D eigenvalue weighted by molar-refractivity contribution is 0.633. The summed E-state index contributed by atoms with van der Waals surface area (Å²) in [4.78, 5) is 4.48. The third-order valence-corrected chi connectivity index (χ3v) is 2.44. The van der Waals surface area contributed by atoms with Gasteiger partial charge in [-0.1, -0.05) is 13.8 Å². The molecule has 0 unspecified atom stereocenters. The minimum atomic E-state index is 0.120. The normalized spacial score (nSPS) is 13.8. The Balaban J connectivity index is 0.000000606. The van der Waals surface area contributed by atoms with Crippen molar-refractivity contribution in [1.29, 1.82) is 0 Å². The van der Waals surface area contributed by atoms with Crippen molar-refractivity contribution < 1.29 is 0 Å². The van der Waals surface area contributed by atoms with Crippen LogP contribution in [0.2, 0.25) is 0 Å². The van der Waals surface area contributed by atoms with Gasteiger partial charge in [0.15, 0.2) is 0 Å². The molecule has 0 bridgehead atoms. The maximum Gasteiger partial charge on any atom is 0.0533 e. The van der Waals surface area contributed by atoms with Gasteiger partial charge in [-0.3, -0.25) is 4.98 Å². The van der Waals surface area contributed by atoms with Crippen LogP contribution in [-0.4, -0.2) is 10.5 Å². The summed E-state index contributed by atoms with van der Waals surface area (Å²) in [6, 6.07) is 2.25. The van der Waals surface area contributed by atoms with Gasteiger partial charge in [0.25, 0.3) is 0 Å². The highest BCUT2D eigenvalue weighted by Crippen LogP contribution is 2.23. The zero-order valence-electron chi connectivity index (χ0n) is 11.2. The molecule has 0 aromatic carbocycles. The molecule has 2 nitrogen and oxygen atoms in total. The highest BCUT2D eigenvalue weighted by molar-refractivity contribution is 5.47. The van der Waals surface area contributed by atoms with E-state index in [-0.39, 0.29) is 5.54 Å². The minimum Gasteiger partial charge on any atom is -0.379 e. The zero-order chi connectivity index (χ0) is 12.2. The number of aromatic nitrogens is 1. The van der Waals surface area contributed by atoms with E-state index in [0.29, 0.717) is 0 Å². The Morgan fingerprint density at radius 1 is 1.19 bits per heavy atom. The van der Waals surface area contributed by atoms with Crippen molar-refractivity contribution >= 4 is 5.69 Å². The second-order valence-electron chi connectivity index (χ2n) is 5.06.